The molecular weight excluding hydrogens is 388 g/mol. The van der Waals surface area contributed by atoms with Gasteiger partial charge in [-0.3, -0.25) is 0 Å². The molecule has 0 radical (unpaired) electrons. The highest BCUT2D eigenvalue weighted by Crippen LogP contribution is 2.57. The summed E-state index contributed by atoms with van der Waals surface area (Å²) in [6, 6.07) is 4.91. The smallest absolute Gasteiger partial charge is 0.0486 e. The van der Waals surface area contributed by atoms with E-state index in [1.165, 1.54) is 96.3 Å². The largest absolute Gasteiger partial charge is 0.143 e. The SMILES string of the molecule is C=CCCCCCCCCC1(CCCCCCCC)c2ccsc2-c2sccc21. The number of thiophene rings is 2. The molecule has 0 unspecified atom stereocenters. The molecule has 0 atom stereocenters. The Morgan fingerprint density at radius 3 is 1.72 bits per heavy atom. The molecule has 2 heteroatoms. The number of allylic oxidation sites excluding steroid dienone is 1. The second-order valence-corrected chi connectivity index (χ2v) is 10.7. The topological polar surface area (TPSA) is 0 Å². The van der Waals surface area contributed by atoms with E-state index in [2.05, 4.69) is 42.5 Å². The van der Waals surface area contributed by atoms with Crippen LogP contribution in [0.2, 0.25) is 0 Å². The van der Waals surface area contributed by atoms with E-state index in [9.17, 15) is 0 Å². The summed E-state index contributed by atoms with van der Waals surface area (Å²) in [5.74, 6) is 0. The van der Waals surface area contributed by atoms with Crippen molar-refractivity contribution in [1.29, 1.82) is 0 Å². The molecule has 0 saturated heterocycles. The average Bonchev–Trinajstić information content (AvgIpc) is 3.43. The lowest BCUT2D eigenvalue weighted by atomic mass is 9.71. The van der Waals surface area contributed by atoms with E-state index >= 15 is 0 Å². The fraction of sp³-hybridized carbons (Fsp3) is 0.630. The number of hydrogen-bond acceptors (Lipinski definition) is 2. The summed E-state index contributed by atoms with van der Waals surface area (Å²) >= 11 is 3.94. The predicted molar refractivity (Wildman–Crippen MR) is 134 cm³/mol. The van der Waals surface area contributed by atoms with E-state index in [1.54, 1.807) is 20.9 Å². The van der Waals surface area contributed by atoms with Gasteiger partial charge >= 0.3 is 0 Å². The van der Waals surface area contributed by atoms with Crippen molar-refractivity contribution in [2.45, 2.75) is 109 Å². The Balaban J connectivity index is 1.58. The van der Waals surface area contributed by atoms with Crippen LogP contribution in [0.5, 0.6) is 0 Å². The van der Waals surface area contributed by atoms with Crippen molar-refractivity contribution >= 4 is 22.7 Å². The Hall–Kier alpha value is -0.860. The van der Waals surface area contributed by atoms with Crippen LogP contribution in [0, 0.1) is 0 Å². The van der Waals surface area contributed by atoms with Gasteiger partial charge in [0.15, 0.2) is 0 Å². The number of fused-ring (bicyclic) bond motifs is 3. The lowest BCUT2D eigenvalue weighted by Crippen LogP contribution is -2.24. The summed E-state index contributed by atoms with van der Waals surface area (Å²) in [5, 5.41) is 4.67. The molecule has 0 N–H and O–H groups in total. The molecule has 1 aliphatic rings. The molecule has 2 aromatic rings. The summed E-state index contributed by atoms with van der Waals surface area (Å²) in [7, 11) is 0. The van der Waals surface area contributed by atoms with Crippen LogP contribution >= 0.6 is 22.7 Å². The number of hydrogen-bond donors (Lipinski definition) is 0. The normalized spacial score (nSPS) is 14.1. The first-order chi connectivity index (χ1) is 14.3. The van der Waals surface area contributed by atoms with Crippen LogP contribution in [0.25, 0.3) is 9.75 Å². The Bertz CT molecular complexity index is 680. The zero-order valence-electron chi connectivity index (χ0n) is 18.5. The van der Waals surface area contributed by atoms with Crippen molar-refractivity contribution in [2.24, 2.45) is 0 Å². The van der Waals surface area contributed by atoms with Crippen LogP contribution in [0.3, 0.4) is 0 Å². The maximum absolute atomic E-state index is 3.83. The third-order valence-electron chi connectivity index (χ3n) is 6.79. The van der Waals surface area contributed by atoms with Crippen molar-refractivity contribution < 1.29 is 0 Å². The monoisotopic (exact) mass is 428 g/mol. The summed E-state index contributed by atoms with van der Waals surface area (Å²) in [5.41, 5.74) is 3.66. The maximum atomic E-state index is 3.83. The van der Waals surface area contributed by atoms with Gasteiger partial charge < -0.3 is 0 Å². The van der Waals surface area contributed by atoms with E-state index in [-0.39, 0.29) is 0 Å². The quantitative estimate of drug-likeness (QED) is 0.184. The van der Waals surface area contributed by atoms with Gasteiger partial charge in [0, 0.05) is 15.2 Å². The van der Waals surface area contributed by atoms with Crippen LogP contribution in [0.15, 0.2) is 35.5 Å². The third-order valence-corrected chi connectivity index (χ3v) is 8.78. The molecular formula is C27H40S2. The van der Waals surface area contributed by atoms with E-state index < -0.39 is 0 Å². The molecule has 0 amide bonds. The lowest BCUT2D eigenvalue weighted by molar-refractivity contribution is 0.398. The van der Waals surface area contributed by atoms with Crippen molar-refractivity contribution in [1.82, 2.24) is 0 Å². The first kappa shape index (κ1) is 22.8. The highest BCUT2D eigenvalue weighted by Gasteiger charge is 2.43. The molecule has 0 aromatic carbocycles. The van der Waals surface area contributed by atoms with Gasteiger partial charge in [-0.05, 0) is 59.7 Å². The molecule has 0 spiro atoms. The number of unbranched alkanes of at least 4 members (excludes halogenated alkanes) is 11. The lowest BCUT2D eigenvalue weighted by Gasteiger charge is -2.31. The molecule has 0 fully saturated rings. The summed E-state index contributed by atoms with van der Waals surface area (Å²) in [6.07, 6.45) is 22.6. The third kappa shape index (κ3) is 5.64. The molecule has 2 heterocycles. The van der Waals surface area contributed by atoms with Gasteiger partial charge in [0.05, 0.1) is 0 Å². The van der Waals surface area contributed by atoms with Gasteiger partial charge in [-0.1, -0.05) is 83.6 Å². The van der Waals surface area contributed by atoms with Crippen molar-refractivity contribution in [3.05, 3.63) is 46.7 Å². The molecule has 0 bridgehead atoms. The second-order valence-electron chi connectivity index (χ2n) is 8.88. The van der Waals surface area contributed by atoms with Crippen LogP contribution in [0.1, 0.15) is 114 Å². The Morgan fingerprint density at radius 1 is 0.724 bits per heavy atom. The standard InChI is InChI=1S/C27H40S2/c1-3-5-7-9-11-12-14-16-20-27(19-15-13-10-8-6-4-2)23-17-21-28-25(23)26-24(27)18-22-29-26/h3,17-18,21-22H,1,4-16,19-20H2,2H3. The maximum Gasteiger partial charge on any atom is 0.0486 e. The average molecular weight is 429 g/mol. The van der Waals surface area contributed by atoms with Gasteiger partial charge in [-0.2, -0.15) is 0 Å². The highest BCUT2D eigenvalue weighted by atomic mass is 32.1. The summed E-state index contributed by atoms with van der Waals surface area (Å²) in [6.45, 7) is 6.14. The van der Waals surface area contributed by atoms with Crippen molar-refractivity contribution in [3.63, 3.8) is 0 Å². The molecule has 0 aliphatic heterocycles. The van der Waals surface area contributed by atoms with Gasteiger partial charge in [-0.15, -0.1) is 29.3 Å². The minimum Gasteiger partial charge on any atom is -0.143 e. The molecule has 0 nitrogen and oxygen atoms in total. The fourth-order valence-electron chi connectivity index (χ4n) is 5.16. The van der Waals surface area contributed by atoms with Gasteiger partial charge in [0.25, 0.3) is 0 Å². The van der Waals surface area contributed by atoms with Crippen molar-refractivity contribution in [3.8, 4) is 9.75 Å². The zero-order valence-corrected chi connectivity index (χ0v) is 20.1. The van der Waals surface area contributed by atoms with Crippen molar-refractivity contribution in [2.75, 3.05) is 0 Å². The molecule has 2 aromatic heterocycles. The second kappa shape index (κ2) is 12.1. The Morgan fingerprint density at radius 2 is 1.21 bits per heavy atom. The van der Waals surface area contributed by atoms with Crippen LogP contribution in [0.4, 0.5) is 0 Å². The van der Waals surface area contributed by atoms with E-state index in [0.29, 0.717) is 5.41 Å². The molecule has 3 rings (SSSR count). The summed E-state index contributed by atoms with van der Waals surface area (Å²) < 4.78 is 0. The zero-order chi connectivity index (χ0) is 20.4. The first-order valence-corrected chi connectivity index (χ1v) is 13.9. The van der Waals surface area contributed by atoms with Gasteiger partial charge in [0.1, 0.15) is 0 Å². The molecule has 0 saturated carbocycles. The fourth-order valence-corrected chi connectivity index (χ4v) is 7.35. The van der Waals surface area contributed by atoms with Crippen LogP contribution < -0.4 is 0 Å². The molecule has 29 heavy (non-hydrogen) atoms. The minimum atomic E-state index is 0.318. The van der Waals surface area contributed by atoms with Crippen LogP contribution in [-0.2, 0) is 5.41 Å². The van der Waals surface area contributed by atoms with Gasteiger partial charge in [-0.25, -0.2) is 0 Å². The Kier molecular flexibility index (Phi) is 9.52. The van der Waals surface area contributed by atoms with Crippen LogP contribution in [-0.4, -0.2) is 0 Å². The predicted octanol–water partition coefficient (Wildman–Crippen LogP) is 10.1. The first-order valence-electron chi connectivity index (χ1n) is 12.1. The van der Waals surface area contributed by atoms with Gasteiger partial charge in [0.2, 0.25) is 0 Å². The highest BCUT2D eigenvalue weighted by molar-refractivity contribution is 7.21. The summed E-state index contributed by atoms with van der Waals surface area (Å²) in [4.78, 5) is 3.18. The molecule has 1 aliphatic carbocycles. The Labute approximate surface area is 187 Å². The van der Waals surface area contributed by atoms with E-state index in [4.69, 9.17) is 0 Å². The van der Waals surface area contributed by atoms with E-state index in [1.807, 2.05) is 22.7 Å². The minimum absolute atomic E-state index is 0.318. The number of rotatable bonds is 16. The molecule has 160 valence electrons. The van der Waals surface area contributed by atoms with E-state index in [0.717, 1.165) is 0 Å².